The second-order valence-corrected chi connectivity index (χ2v) is 6.45. The molecule has 0 spiro atoms. The first-order valence-corrected chi connectivity index (χ1v) is 7.85. The maximum atomic E-state index is 4.58. The largest absolute Gasteiger partial charge is 0.235 e. The van der Waals surface area contributed by atoms with E-state index in [1.54, 1.807) is 15.9 Å². The van der Waals surface area contributed by atoms with Crippen LogP contribution in [0.5, 0.6) is 0 Å². The summed E-state index contributed by atoms with van der Waals surface area (Å²) in [7, 11) is 0. The molecule has 4 heterocycles. The number of aromatic nitrogens is 6. The monoisotopic (exact) mass is 306 g/mol. The molecule has 0 bridgehead atoms. The minimum atomic E-state index is 0.710. The first-order valence-electron chi connectivity index (χ1n) is 5.38. The van der Waals surface area contributed by atoms with E-state index in [0.717, 1.165) is 25.4 Å². The topological polar surface area (TPSA) is 68.9 Å². The molecule has 0 fully saturated rings. The van der Waals surface area contributed by atoms with Gasteiger partial charge in [-0.1, -0.05) is 21.9 Å². The number of fused-ring (bicyclic) bond motifs is 1. The third-order valence-electron chi connectivity index (χ3n) is 2.58. The Bertz CT molecular complexity index is 840. The third kappa shape index (κ3) is 1.70. The lowest BCUT2D eigenvalue weighted by Crippen LogP contribution is -1.90. The predicted molar refractivity (Wildman–Crippen MR) is 75.6 cm³/mol. The summed E-state index contributed by atoms with van der Waals surface area (Å²) in [4.78, 5) is 2.84. The zero-order valence-electron chi connectivity index (χ0n) is 9.64. The van der Waals surface area contributed by atoms with Gasteiger partial charge in [-0.3, -0.25) is 0 Å². The lowest BCUT2D eigenvalue weighted by molar-refractivity contribution is 0.970. The van der Waals surface area contributed by atoms with Crippen LogP contribution in [0.1, 0.15) is 5.69 Å². The molecule has 0 unspecified atom stereocenters. The van der Waals surface area contributed by atoms with Crippen molar-refractivity contribution in [2.75, 3.05) is 0 Å². The molecular weight excluding hydrogens is 300 g/mol. The third-order valence-corrected chi connectivity index (χ3v) is 5.34. The van der Waals surface area contributed by atoms with Gasteiger partial charge in [0.2, 0.25) is 4.96 Å². The van der Waals surface area contributed by atoms with Crippen LogP contribution in [-0.2, 0) is 0 Å². The molecule has 0 saturated carbocycles. The van der Waals surface area contributed by atoms with Gasteiger partial charge in [0, 0.05) is 0 Å². The fraction of sp³-hybridized carbons (Fsp3) is 0.100. The van der Waals surface area contributed by atoms with Crippen LogP contribution in [0.2, 0.25) is 0 Å². The van der Waals surface area contributed by atoms with Crippen molar-refractivity contribution in [2.45, 2.75) is 6.92 Å². The van der Waals surface area contributed by atoms with Gasteiger partial charge in [-0.25, -0.2) is 0 Å². The van der Waals surface area contributed by atoms with Gasteiger partial charge in [-0.2, -0.15) is 9.61 Å². The zero-order chi connectivity index (χ0) is 12.8. The average molecular weight is 306 g/mol. The Balaban J connectivity index is 1.92. The summed E-state index contributed by atoms with van der Waals surface area (Å²) in [5.74, 6) is 0.710. The molecule has 0 aliphatic carbocycles. The Labute approximate surface area is 119 Å². The zero-order valence-corrected chi connectivity index (χ0v) is 12.1. The lowest BCUT2D eigenvalue weighted by atomic mass is 10.4. The van der Waals surface area contributed by atoms with Crippen LogP contribution in [0.3, 0.4) is 0 Å². The van der Waals surface area contributed by atoms with Crippen LogP contribution in [0.25, 0.3) is 25.5 Å². The fourth-order valence-corrected chi connectivity index (χ4v) is 3.95. The Morgan fingerprint density at radius 2 is 2.16 bits per heavy atom. The number of hydrogen-bond donors (Lipinski definition) is 0. The highest BCUT2D eigenvalue weighted by atomic mass is 32.1. The second kappa shape index (κ2) is 4.15. The molecule has 4 aromatic heterocycles. The molecule has 0 saturated heterocycles. The van der Waals surface area contributed by atoms with Crippen molar-refractivity contribution in [1.29, 1.82) is 0 Å². The van der Waals surface area contributed by atoms with Gasteiger partial charge in [0.1, 0.15) is 4.88 Å². The van der Waals surface area contributed by atoms with Crippen LogP contribution < -0.4 is 0 Å². The van der Waals surface area contributed by atoms with E-state index in [1.807, 2.05) is 18.4 Å². The van der Waals surface area contributed by atoms with Crippen molar-refractivity contribution in [3.63, 3.8) is 0 Å². The molecule has 6 nitrogen and oxygen atoms in total. The normalized spacial score (nSPS) is 11.4. The van der Waals surface area contributed by atoms with E-state index in [1.165, 1.54) is 22.9 Å². The summed E-state index contributed by atoms with van der Waals surface area (Å²) in [6.07, 6.45) is 0. The number of thiophene rings is 1. The molecule has 0 amide bonds. The highest BCUT2D eigenvalue weighted by molar-refractivity contribution is 7.23. The van der Waals surface area contributed by atoms with E-state index in [0.29, 0.717) is 5.82 Å². The van der Waals surface area contributed by atoms with Gasteiger partial charge in [-0.15, -0.1) is 26.6 Å². The minimum absolute atomic E-state index is 0.710. The molecule has 94 valence electrons. The van der Waals surface area contributed by atoms with Gasteiger partial charge >= 0.3 is 0 Å². The molecular formula is C10H6N6S3. The van der Waals surface area contributed by atoms with E-state index in [4.69, 9.17) is 0 Å². The lowest BCUT2D eigenvalue weighted by Gasteiger charge is -1.91. The van der Waals surface area contributed by atoms with Gasteiger partial charge in [-0.05, 0) is 29.9 Å². The van der Waals surface area contributed by atoms with Gasteiger partial charge in [0.25, 0.3) is 0 Å². The molecule has 4 aromatic rings. The van der Waals surface area contributed by atoms with Crippen LogP contribution in [0, 0.1) is 6.92 Å². The fourth-order valence-electron chi connectivity index (χ4n) is 1.69. The number of rotatable bonds is 2. The van der Waals surface area contributed by atoms with E-state index in [-0.39, 0.29) is 0 Å². The minimum Gasteiger partial charge on any atom is -0.181 e. The van der Waals surface area contributed by atoms with Crippen molar-refractivity contribution in [1.82, 2.24) is 29.4 Å². The van der Waals surface area contributed by atoms with Crippen molar-refractivity contribution in [3.8, 4) is 20.6 Å². The van der Waals surface area contributed by atoms with Crippen molar-refractivity contribution in [2.24, 2.45) is 0 Å². The Morgan fingerprint density at radius 1 is 1.21 bits per heavy atom. The van der Waals surface area contributed by atoms with Crippen molar-refractivity contribution >= 4 is 39.2 Å². The Hall–Kier alpha value is -1.71. The quantitative estimate of drug-likeness (QED) is 0.569. The maximum Gasteiger partial charge on any atom is 0.235 e. The number of nitrogens with zero attached hydrogens (tertiary/aromatic N) is 6. The summed E-state index contributed by atoms with van der Waals surface area (Å²) < 4.78 is 5.70. The van der Waals surface area contributed by atoms with E-state index < -0.39 is 0 Å². The standard InChI is InChI=1S/C10H6N6S3/c1-5-7(19-15-11-5)8-12-13-10-16(8)14-9(18-10)6-3-2-4-17-6/h2-4H,1H3. The van der Waals surface area contributed by atoms with Crippen LogP contribution >= 0.6 is 34.2 Å². The van der Waals surface area contributed by atoms with E-state index in [2.05, 4.69) is 30.9 Å². The summed E-state index contributed by atoms with van der Waals surface area (Å²) in [6.45, 7) is 1.91. The van der Waals surface area contributed by atoms with Crippen molar-refractivity contribution in [3.05, 3.63) is 23.2 Å². The summed E-state index contributed by atoms with van der Waals surface area (Å²) in [5, 5.41) is 19.9. The van der Waals surface area contributed by atoms with E-state index >= 15 is 0 Å². The average Bonchev–Trinajstić information content (AvgIpc) is 3.11. The molecule has 0 aliphatic heterocycles. The molecule has 0 N–H and O–H groups in total. The Kier molecular flexibility index (Phi) is 2.43. The highest BCUT2D eigenvalue weighted by Gasteiger charge is 2.18. The van der Waals surface area contributed by atoms with Crippen LogP contribution in [0.15, 0.2) is 17.5 Å². The number of hydrogen-bond acceptors (Lipinski definition) is 8. The Morgan fingerprint density at radius 3 is 2.89 bits per heavy atom. The summed E-state index contributed by atoms with van der Waals surface area (Å²) in [6, 6.07) is 4.07. The molecule has 4 rings (SSSR count). The summed E-state index contributed by atoms with van der Waals surface area (Å²) >= 11 is 4.51. The molecule has 0 radical (unpaired) electrons. The van der Waals surface area contributed by atoms with Gasteiger partial charge in [0.05, 0.1) is 10.6 Å². The van der Waals surface area contributed by atoms with Crippen LogP contribution in [-0.4, -0.2) is 29.4 Å². The highest BCUT2D eigenvalue weighted by Crippen LogP contribution is 2.31. The molecule has 9 heteroatoms. The second-order valence-electron chi connectivity index (χ2n) is 3.79. The smallest absolute Gasteiger partial charge is 0.181 e. The molecule has 0 atom stereocenters. The van der Waals surface area contributed by atoms with Crippen molar-refractivity contribution < 1.29 is 0 Å². The van der Waals surface area contributed by atoms with Gasteiger partial charge in [0.15, 0.2) is 10.8 Å². The molecule has 0 aliphatic rings. The van der Waals surface area contributed by atoms with E-state index in [9.17, 15) is 0 Å². The molecule has 19 heavy (non-hydrogen) atoms. The summed E-state index contributed by atoms with van der Waals surface area (Å²) in [5.41, 5.74) is 0.852. The maximum absolute atomic E-state index is 4.58. The number of aryl methyl sites for hydroxylation is 1. The predicted octanol–water partition coefficient (Wildman–Crippen LogP) is 2.74. The SMILES string of the molecule is Cc1nnsc1-c1nnc2sc(-c3cccs3)nn12. The van der Waals surface area contributed by atoms with Gasteiger partial charge < -0.3 is 0 Å². The first kappa shape index (κ1) is 11.1. The van der Waals surface area contributed by atoms with Crippen LogP contribution in [0.4, 0.5) is 0 Å². The first-order chi connectivity index (χ1) is 9.33. The molecule has 0 aromatic carbocycles.